The Kier molecular flexibility index (Phi) is 7.97. The van der Waals surface area contributed by atoms with Gasteiger partial charge in [0.15, 0.2) is 0 Å². The van der Waals surface area contributed by atoms with Crippen molar-refractivity contribution < 1.29 is 38.9 Å². The van der Waals surface area contributed by atoms with E-state index in [1.165, 1.54) is 48.5 Å². The third-order valence-electron chi connectivity index (χ3n) is 5.07. The molecule has 0 atom stereocenters. The van der Waals surface area contributed by atoms with Gasteiger partial charge in [0.1, 0.15) is 26.0 Å². The molecule has 0 spiro atoms. The highest BCUT2D eigenvalue weighted by molar-refractivity contribution is 7.86. The van der Waals surface area contributed by atoms with Gasteiger partial charge in [0, 0.05) is 17.7 Å². The quantitative estimate of drug-likeness (QED) is 0.238. The first kappa shape index (κ1) is 27.2. The second-order valence-corrected chi connectivity index (χ2v) is 14.0. The minimum Gasteiger partial charge on any atom is -0.744 e. The summed E-state index contributed by atoms with van der Waals surface area (Å²) in [5, 5.41) is 1.12. The molecule has 3 aromatic carbocycles. The minimum absolute atomic E-state index is 0.0631. The summed E-state index contributed by atoms with van der Waals surface area (Å²) in [7, 11) is -16.4. The van der Waals surface area contributed by atoms with Crippen molar-refractivity contribution in [2.24, 2.45) is 0 Å². The third kappa shape index (κ3) is 6.42. The van der Waals surface area contributed by atoms with Gasteiger partial charge in [-0.3, -0.25) is 9.11 Å². The molecule has 0 bridgehead atoms. The van der Waals surface area contributed by atoms with Crippen LogP contribution in [0.15, 0.2) is 93.6 Å². The van der Waals surface area contributed by atoms with Gasteiger partial charge in [-0.1, -0.05) is 30.4 Å². The molecule has 0 saturated carbocycles. The number of allylic oxidation sites excluding steroid dienone is 2. The fourth-order valence-corrected chi connectivity index (χ4v) is 8.56. The van der Waals surface area contributed by atoms with Crippen LogP contribution in [0.2, 0.25) is 0 Å². The Balaban J connectivity index is 2.44. The summed E-state index contributed by atoms with van der Waals surface area (Å²) in [6.45, 7) is 1.71. The molecule has 0 saturated heterocycles. The van der Waals surface area contributed by atoms with E-state index in [1.807, 2.05) is 0 Å². The van der Waals surface area contributed by atoms with Crippen LogP contribution in [0.1, 0.15) is 12.5 Å². The van der Waals surface area contributed by atoms with E-state index in [4.69, 9.17) is 0 Å². The standard InChI is InChI=1S/C22H21O9PS3/c1-2-3-11-20-21(12-6-13-22(20)35(29,30)31)32(16-7-4-9-18(14-16)33(23,24)25)17-8-5-10-19(15-17)34(26,27)28/h2-10,12-15H,11H2,1H3,(H,23,24,25)(H,26,27,28)(H,29,30,31). The average Bonchev–Trinajstić information content (AvgIpc) is 2.77. The second-order valence-electron chi connectivity index (χ2n) is 7.39. The van der Waals surface area contributed by atoms with Crippen molar-refractivity contribution in [3.8, 4) is 0 Å². The Morgan fingerprint density at radius 3 is 1.71 bits per heavy atom. The smallest absolute Gasteiger partial charge is 0.294 e. The van der Waals surface area contributed by atoms with E-state index in [9.17, 15) is 38.9 Å². The van der Waals surface area contributed by atoms with E-state index in [2.05, 4.69) is 0 Å². The average molecular weight is 557 g/mol. The summed E-state index contributed by atoms with van der Waals surface area (Å²) >= 11 is 0. The summed E-state index contributed by atoms with van der Waals surface area (Å²) in [5.74, 6) is 0. The second kappa shape index (κ2) is 10.3. The van der Waals surface area contributed by atoms with Gasteiger partial charge in [-0.2, -0.15) is 16.8 Å². The van der Waals surface area contributed by atoms with E-state index in [-0.39, 0.29) is 12.0 Å². The topological polar surface area (TPSA) is 166 Å². The summed E-state index contributed by atoms with van der Waals surface area (Å²) < 4.78 is 102. The molecule has 0 aliphatic rings. The van der Waals surface area contributed by atoms with E-state index in [0.29, 0.717) is 15.9 Å². The first-order valence-corrected chi connectivity index (χ1v) is 15.7. The van der Waals surface area contributed by atoms with Crippen molar-refractivity contribution in [1.29, 1.82) is 0 Å². The van der Waals surface area contributed by atoms with Crippen LogP contribution in [-0.4, -0.2) is 38.9 Å². The van der Waals surface area contributed by atoms with Gasteiger partial charge < -0.3 is 4.55 Å². The van der Waals surface area contributed by atoms with Crippen LogP contribution in [0.4, 0.5) is 0 Å². The maximum atomic E-state index is 12.0. The highest BCUT2D eigenvalue weighted by atomic mass is 32.2. The minimum atomic E-state index is -4.89. The molecule has 9 nitrogen and oxygen atoms in total. The lowest BCUT2D eigenvalue weighted by atomic mass is 10.1. The summed E-state index contributed by atoms with van der Waals surface area (Å²) in [6.07, 6.45) is 3.38. The predicted octanol–water partition coefficient (Wildman–Crippen LogP) is 1.69. The molecule has 0 amide bonds. The molecular weight excluding hydrogens is 535 g/mol. The van der Waals surface area contributed by atoms with Crippen molar-refractivity contribution in [3.63, 3.8) is 0 Å². The Morgan fingerprint density at radius 1 is 0.800 bits per heavy atom. The van der Waals surface area contributed by atoms with Crippen molar-refractivity contribution in [2.75, 3.05) is 0 Å². The zero-order chi connectivity index (χ0) is 26.0. The lowest BCUT2D eigenvalue weighted by molar-refractivity contribution is 0.462. The van der Waals surface area contributed by atoms with E-state index in [1.54, 1.807) is 37.3 Å². The number of hydrogen-bond acceptors (Lipinski definition) is 7. The normalized spacial score (nSPS) is 12.9. The molecule has 0 aliphatic heterocycles. The van der Waals surface area contributed by atoms with Gasteiger partial charge in [-0.05, 0) is 49.7 Å². The fourth-order valence-electron chi connectivity index (χ4n) is 3.58. The first-order chi connectivity index (χ1) is 16.2. The van der Waals surface area contributed by atoms with Gasteiger partial charge in [-0.15, -0.1) is 0 Å². The summed E-state index contributed by atoms with van der Waals surface area (Å²) in [4.78, 5) is -1.27. The van der Waals surface area contributed by atoms with Gasteiger partial charge >= 0.3 is 0 Å². The maximum absolute atomic E-state index is 12.0. The molecule has 186 valence electrons. The van der Waals surface area contributed by atoms with Gasteiger partial charge in [0.2, 0.25) is 0 Å². The third-order valence-corrected chi connectivity index (χ3v) is 10.5. The van der Waals surface area contributed by atoms with Crippen LogP contribution in [0, 0.1) is 0 Å². The molecule has 0 aliphatic carbocycles. The Hall–Kier alpha value is -2.44. The number of rotatable bonds is 8. The van der Waals surface area contributed by atoms with E-state index in [0.717, 1.165) is 0 Å². The lowest BCUT2D eigenvalue weighted by Crippen LogP contribution is -2.26. The molecule has 3 aromatic rings. The Bertz CT molecular complexity index is 1540. The van der Waals surface area contributed by atoms with Gasteiger partial charge in [0.25, 0.3) is 20.2 Å². The monoisotopic (exact) mass is 556 g/mol. The first-order valence-electron chi connectivity index (χ1n) is 9.95. The molecule has 13 heteroatoms. The van der Waals surface area contributed by atoms with Crippen LogP contribution < -0.4 is 15.9 Å². The van der Waals surface area contributed by atoms with Crippen molar-refractivity contribution in [3.05, 3.63) is 84.4 Å². The zero-order valence-corrected chi connectivity index (χ0v) is 21.6. The van der Waals surface area contributed by atoms with Crippen molar-refractivity contribution in [1.82, 2.24) is 0 Å². The number of benzene rings is 3. The Morgan fingerprint density at radius 2 is 1.29 bits per heavy atom. The van der Waals surface area contributed by atoms with Crippen molar-refractivity contribution >= 4 is 54.2 Å². The largest absolute Gasteiger partial charge is 0.744 e. The lowest BCUT2D eigenvalue weighted by Gasteiger charge is -2.19. The van der Waals surface area contributed by atoms with Crippen LogP contribution in [0.3, 0.4) is 0 Å². The summed E-state index contributed by atoms with van der Waals surface area (Å²) in [5.41, 5.74) is 0.184. The van der Waals surface area contributed by atoms with Crippen LogP contribution >= 0.6 is 7.92 Å². The predicted molar refractivity (Wildman–Crippen MR) is 133 cm³/mol. The van der Waals surface area contributed by atoms with Crippen LogP contribution in [0.25, 0.3) is 0 Å². The van der Waals surface area contributed by atoms with Crippen LogP contribution in [-0.2, 0) is 36.8 Å². The van der Waals surface area contributed by atoms with Gasteiger partial charge in [-0.25, -0.2) is 8.42 Å². The molecule has 35 heavy (non-hydrogen) atoms. The molecule has 0 heterocycles. The maximum Gasteiger partial charge on any atom is 0.294 e. The summed E-state index contributed by atoms with van der Waals surface area (Å²) in [6, 6.07) is 14.8. The van der Waals surface area contributed by atoms with E-state index >= 15 is 0 Å². The van der Waals surface area contributed by atoms with E-state index < -0.39 is 53.0 Å². The SMILES string of the molecule is CC=CCc1c([PH+](c2cccc(S(=O)(=O)O)c2)c2cccc(S(=O)(=O)O)c2)cccc1S(=O)(=O)[O-]. The molecule has 0 unspecified atom stereocenters. The molecule has 2 N–H and O–H groups in total. The Labute approximate surface area is 205 Å². The molecule has 0 fully saturated rings. The highest BCUT2D eigenvalue weighted by Gasteiger charge is 2.32. The molecular formula is C22H21O9PS3. The van der Waals surface area contributed by atoms with Crippen molar-refractivity contribution in [2.45, 2.75) is 28.0 Å². The van der Waals surface area contributed by atoms with Gasteiger partial charge in [0.05, 0.1) is 22.6 Å². The zero-order valence-electron chi connectivity index (χ0n) is 18.2. The van der Waals surface area contributed by atoms with Crippen LogP contribution in [0.5, 0.6) is 0 Å². The highest BCUT2D eigenvalue weighted by Crippen LogP contribution is 2.37. The molecule has 3 rings (SSSR count). The number of hydrogen-bond donors (Lipinski definition) is 2. The fraction of sp³-hybridized carbons (Fsp3) is 0.0909. The molecule has 0 aromatic heterocycles. The molecule has 0 radical (unpaired) electrons.